The average molecular weight is 390 g/mol. The van der Waals surface area contributed by atoms with Crippen molar-refractivity contribution in [2.75, 3.05) is 33.3 Å². The second-order valence-electron chi connectivity index (χ2n) is 6.71. The summed E-state index contributed by atoms with van der Waals surface area (Å²) < 4.78 is 35.3. The minimum absolute atomic E-state index is 0.0898. The fraction of sp³-hybridized carbons (Fsp3) is 0.381. The number of piperazine rings is 1. The molecule has 0 aliphatic carbocycles. The number of benzene rings is 2. The van der Waals surface area contributed by atoms with Gasteiger partial charge in [0.1, 0.15) is 0 Å². The molecule has 1 amide bonds. The van der Waals surface area contributed by atoms with Gasteiger partial charge in [-0.25, -0.2) is 0 Å². The number of hydrogen-bond donors (Lipinski definition) is 0. The number of para-hydroxylation sites is 1. The molecule has 0 spiro atoms. The molecule has 0 N–H and O–H groups in total. The highest BCUT2D eigenvalue weighted by atomic mass is 19.3. The van der Waals surface area contributed by atoms with Crippen molar-refractivity contribution in [3.8, 4) is 11.5 Å². The number of carbonyl (C=O) groups excluding carboxylic acids is 1. The first kappa shape index (κ1) is 20.1. The van der Waals surface area contributed by atoms with E-state index in [1.165, 1.54) is 30.4 Å². The number of methoxy groups -OCH3 is 1. The van der Waals surface area contributed by atoms with Gasteiger partial charge in [0, 0.05) is 32.7 Å². The molecule has 0 saturated carbocycles. The lowest BCUT2D eigenvalue weighted by Gasteiger charge is -2.35. The number of rotatable bonds is 6. The van der Waals surface area contributed by atoms with Gasteiger partial charge >= 0.3 is 6.61 Å². The van der Waals surface area contributed by atoms with Gasteiger partial charge in [0.15, 0.2) is 11.5 Å². The lowest BCUT2D eigenvalue weighted by Crippen LogP contribution is -2.48. The third-order valence-corrected chi connectivity index (χ3v) is 4.95. The van der Waals surface area contributed by atoms with Crippen LogP contribution < -0.4 is 9.47 Å². The predicted molar refractivity (Wildman–Crippen MR) is 102 cm³/mol. The fourth-order valence-corrected chi connectivity index (χ4v) is 3.36. The number of amides is 1. The highest BCUT2D eigenvalue weighted by Crippen LogP contribution is 2.33. The van der Waals surface area contributed by atoms with E-state index in [2.05, 4.69) is 28.7 Å². The van der Waals surface area contributed by atoms with Crippen molar-refractivity contribution in [1.82, 2.24) is 9.80 Å². The molecule has 2 aromatic rings. The Hall–Kier alpha value is -2.67. The summed E-state index contributed by atoms with van der Waals surface area (Å²) in [7, 11) is 1.35. The quantitative estimate of drug-likeness (QED) is 0.756. The molecule has 1 heterocycles. The zero-order valence-corrected chi connectivity index (χ0v) is 16.0. The Morgan fingerprint density at radius 1 is 1.07 bits per heavy atom. The molecule has 3 rings (SSSR count). The molecule has 28 heavy (non-hydrogen) atoms. The van der Waals surface area contributed by atoms with Crippen LogP contribution in [0, 0.1) is 6.92 Å². The van der Waals surface area contributed by atoms with Gasteiger partial charge < -0.3 is 14.4 Å². The molecule has 1 fully saturated rings. The fourth-order valence-electron chi connectivity index (χ4n) is 3.36. The van der Waals surface area contributed by atoms with Gasteiger partial charge in [-0.1, -0.05) is 30.3 Å². The first-order valence-corrected chi connectivity index (χ1v) is 9.17. The Bertz CT molecular complexity index is 821. The topological polar surface area (TPSA) is 42.0 Å². The summed E-state index contributed by atoms with van der Waals surface area (Å²) in [5.74, 6) is -0.429. The standard InChI is InChI=1S/C21H24F2N2O3/c1-15-6-3-4-7-16(15)14-24-10-12-25(13-11-24)20(26)17-8-5-9-18(27-2)19(17)28-21(22)23/h3-9,21H,10-14H2,1-2H3. The van der Waals surface area contributed by atoms with Crippen molar-refractivity contribution in [2.24, 2.45) is 0 Å². The Balaban J connectivity index is 1.68. The molecular formula is C21H24F2N2O3. The third-order valence-electron chi connectivity index (χ3n) is 4.95. The van der Waals surface area contributed by atoms with Gasteiger partial charge in [0.05, 0.1) is 12.7 Å². The maximum atomic E-state index is 12.9. The summed E-state index contributed by atoms with van der Waals surface area (Å²) in [5, 5.41) is 0. The molecule has 150 valence electrons. The van der Waals surface area contributed by atoms with Crippen molar-refractivity contribution >= 4 is 5.91 Å². The van der Waals surface area contributed by atoms with Gasteiger partial charge in [0.25, 0.3) is 5.91 Å². The number of alkyl halides is 2. The van der Waals surface area contributed by atoms with Crippen LogP contribution in [0.5, 0.6) is 11.5 Å². The van der Waals surface area contributed by atoms with E-state index in [4.69, 9.17) is 4.74 Å². The summed E-state index contributed by atoms with van der Waals surface area (Å²) >= 11 is 0. The van der Waals surface area contributed by atoms with Crippen LogP contribution >= 0.6 is 0 Å². The van der Waals surface area contributed by atoms with Crippen LogP contribution in [0.4, 0.5) is 8.78 Å². The molecule has 0 atom stereocenters. The number of nitrogens with zero attached hydrogens (tertiary/aromatic N) is 2. The monoisotopic (exact) mass is 390 g/mol. The molecule has 2 aromatic carbocycles. The molecule has 1 aliphatic heterocycles. The lowest BCUT2D eigenvalue weighted by molar-refractivity contribution is -0.0517. The number of halogens is 2. The summed E-state index contributed by atoms with van der Waals surface area (Å²) in [6, 6.07) is 12.8. The van der Waals surface area contributed by atoms with Crippen molar-refractivity contribution in [3.05, 3.63) is 59.2 Å². The van der Waals surface area contributed by atoms with E-state index in [1.807, 2.05) is 12.1 Å². The van der Waals surface area contributed by atoms with Crippen LogP contribution in [0.2, 0.25) is 0 Å². The van der Waals surface area contributed by atoms with Crippen molar-refractivity contribution < 1.29 is 23.0 Å². The highest BCUT2D eigenvalue weighted by Gasteiger charge is 2.27. The van der Waals surface area contributed by atoms with E-state index in [1.54, 1.807) is 11.0 Å². The van der Waals surface area contributed by atoms with Gasteiger partial charge in [-0.2, -0.15) is 8.78 Å². The predicted octanol–water partition coefficient (Wildman–Crippen LogP) is 3.56. The smallest absolute Gasteiger partial charge is 0.387 e. The van der Waals surface area contributed by atoms with E-state index < -0.39 is 6.61 Å². The Morgan fingerprint density at radius 3 is 2.43 bits per heavy atom. The number of aryl methyl sites for hydroxylation is 1. The van der Waals surface area contributed by atoms with Crippen LogP contribution in [0.15, 0.2) is 42.5 Å². The van der Waals surface area contributed by atoms with Crippen molar-refractivity contribution in [2.45, 2.75) is 20.1 Å². The van der Waals surface area contributed by atoms with Gasteiger partial charge in [-0.05, 0) is 30.2 Å². The first-order chi connectivity index (χ1) is 13.5. The molecular weight excluding hydrogens is 366 g/mol. The van der Waals surface area contributed by atoms with E-state index in [-0.39, 0.29) is 23.0 Å². The maximum Gasteiger partial charge on any atom is 0.387 e. The molecule has 0 unspecified atom stereocenters. The van der Waals surface area contributed by atoms with Gasteiger partial charge in [-0.15, -0.1) is 0 Å². The van der Waals surface area contributed by atoms with E-state index in [9.17, 15) is 13.6 Å². The zero-order chi connectivity index (χ0) is 20.1. The lowest BCUT2D eigenvalue weighted by atomic mass is 10.1. The number of hydrogen-bond acceptors (Lipinski definition) is 4. The van der Waals surface area contributed by atoms with Crippen LogP contribution in [0.25, 0.3) is 0 Å². The van der Waals surface area contributed by atoms with E-state index in [0.717, 1.165) is 19.6 Å². The summed E-state index contributed by atoms with van der Waals surface area (Å²) in [6.07, 6.45) is 0. The maximum absolute atomic E-state index is 12.9. The second kappa shape index (κ2) is 9.01. The van der Waals surface area contributed by atoms with Crippen LogP contribution in [-0.4, -0.2) is 55.6 Å². The molecule has 1 aliphatic rings. The Kier molecular flexibility index (Phi) is 6.46. The molecule has 1 saturated heterocycles. The van der Waals surface area contributed by atoms with Gasteiger partial charge in [0.2, 0.25) is 0 Å². The SMILES string of the molecule is COc1cccc(C(=O)N2CCN(Cc3ccccc3C)CC2)c1OC(F)F. The highest BCUT2D eigenvalue weighted by molar-refractivity contribution is 5.98. The Morgan fingerprint density at radius 2 is 1.79 bits per heavy atom. The van der Waals surface area contributed by atoms with Crippen LogP contribution in [0.3, 0.4) is 0 Å². The van der Waals surface area contributed by atoms with Gasteiger partial charge in [-0.3, -0.25) is 9.69 Å². The number of carbonyl (C=O) groups is 1. The normalized spacial score (nSPS) is 15.0. The van der Waals surface area contributed by atoms with E-state index >= 15 is 0 Å². The zero-order valence-electron chi connectivity index (χ0n) is 16.0. The second-order valence-corrected chi connectivity index (χ2v) is 6.71. The number of ether oxygens (including phenoxy) is 2. The third kappa shape index (κ3) is 4.59. The molecule has 0 aromatic heterocycles. The van der Waals surface area contributed by atoms with Crippen molar-refractivity contribution in [3.63, 3.8) is 0 Å². The first-order valence-electron chi connectivity index (χ1n) is 9.17. The minimum Gasteiger partial charge on any atom is -0.493 e. The van der Waals surface area contributed by atoms with E-state index in [0.29, 0.717) is 13.1 Å². The minimum atomic E-state index is -3.03. The van der Waals surface area contributed by atoms with Crippen molar-refractivity contribution in [1.29, 1.82) is 0 Å². The summed E-state index contributed by atoms with van der Waals surface area (Å²) in [6.45, 7) is 2.36. The summed E-state index contributed by atoms with van der Waals surface area (Å²) in [5.41, 5.74) is 2.60. The Labute approximate surface area is 163 Å². The van der Waals surface area contributed by atoms with Crippen LogP contribution in [0.1, 0.15) is 21.5 Å². The largest absolute Gasteiger partial charge is 0.493 e. The molecule has 5 nitrogen and oxygen atoms in total. The van der Waals surface area contributed by atoms with Crippen LogP contribution in [-0.2, 0) is 6.54 Å². The summed E-state index contributed by atoms with van der Waals surface area (Å²) in [4.78, 5) is 16.9. The average Bonchev–Trinajstić information content (AvgIpc) is 2.69. The molecule has 0 radical (unpaired) electrons. The molecule has 0 bridgehead atoms. The molecule has 7 heteroatoms.